The van der Waals surface area contributed by atoms with Crippen molar-refractivity contribution < 1.29 is 0 Å². The largest absolute Gasteiger partial charge is 0.369 e. The van der Waals surface area contributed by atoms with Crippen LogP contribution in [0.25, 0.3) is 0 Å². The molecule has 102 valence electrons. The zero-order chi connectivity index (χ0) is 13.7. The summed E-state index contributed by atoms with van der Waals surface area (Å²) in [5, 5.41) is 3.31. The Morgan fingerprint density at radius 1 is 1.06 bits per heavy atom. The van der Waals surface area contributed by atoms with Crippen molar-refractivity contribution in [2.24, 2.45) is 11.8 Å². The van der Waals surface area contributed by atoms with Gasteiger partial charge in [0, 0.05) is 13.0 Å². The molecule has 0 aliphatic heterocycles. The average molecular weight is 314 g/mol. The zero-order valence-corrected chi connectivity index (χ0v) is 13.6. The molecule has 1 N–H and O–H groups in total. The van der Waals surface area contributed by atoms with E-state index in [1.165, 1.54) is 0 Å². The highest BCUT2D eigenvalue weighted by molar-refractivity contribution is 9.10. The van der Waals surface area contributed by atoms with Crippen molar-refractivity contribution in [2.75, 3.05) is 11.9 Å². The molecular formula is C14H24BrN3. The quantitative estimate of drug-likeness (QED) is 0.860. The van der Waals surface area contributed by atoms with E-state index in [0.717, 1.165) is 41.2 Å². The first-order valence-corrected chi connectivity index (χ1v) is 7.52. The van der Waals surface area contributed by atoms with Gasteiger partial charge < -0.3 is 5.32 Å². The van der Waals surface area contributed by atoms with Gasteiger partial charge in [-0.3, -0.25) is 0 Å². The van der Waals surface area contributed by atoms with Gasteiger partial charge in [-0.1, -0.05) is 27.7 Å². The van der Waals surface area contributed by atoms with Gasteiger partial charge in [0.15, 0.2) is 0 Å². The molecule has 4 heteroatoms. The smallest absolute Gasteiger partial charge is 0.144 e. The molecule has 0 fully saturated rings. The van der Waals surface area contributed by atoms with Crippen LogP contribution >= 0.6 is 15.9 Å². The van der Waals surface area contributed by atoms with Crippen molar-refractivity contribution in [1.82, 2.24) is 9.97 Å². The summed E-state index contributed by atoms with van der Waals surface area (Å²) in [7, 11) is 0. The fraction of sp³-hybridized carbons (Fsp3) is 0.714. The van der Waals surface area contributed by atoms with Gasteiger partial charge in [-0.2, -0.15) is 0 Å². The highest BCUT2D eigenvalue weighted by atomic mass is 79.9. The van der Waals surface area contributed by atoms with E-state index in [2.05, 4.69) is 60.8 Å². The van der Waals surface area contributed by atoms with Crippen LogP contribution < -0.4 is 5.32 Å². The van der Waals surface area contributed by atoms with E-state index >= 15 is 0 Å². The number of hydrogen-bond donors (Lipinski definition) is 1. The van der Waals surface area contributed by atoms with Crippen LogP contribution in [-0.2, 0) is 12.8 Å². The Kier molecular flexibility index (Phi) is 6.06. The van der Waals surface area contributed by atoms with Crippen molar-refractivity contribution in [3.8, 4) is 0 Å². The number of nitrogens with one attached hydrogen (secondary N) is 1. The summed E-state index contributed by atoms with van der Waals surface area (Å²) in [5.41, 5.74) is 1.12. The van der Waals surface area contributed by atoms with Crippen LogP contribution in [0.15, 0.2) is 4.47 Å². The number of aromatic nitrogens is 2. The maximum Gasteiger partial charge on any atom is 0.144 e. The van der Waals surface area contributed by atoms with Crippen LogP contribution in [0.4, 0.5) is 5.82 Å². The van der Waals surface area contributed by atoms with Crippen LogP contribution in [0.2, 0.25) is 0 Å². The molecular weight excluding hydrogens is 290 g/mol. The number of anilines is 1. The minimum Gasteiger partial charge on any atom is -0.369 e. The molecule has 0 spiro atoms. The van der Waals surface area contributed by atoms with E-state index in [1.807, 2.05) is 0 Å². The van der Waals surface area contributed by atoms with Crippen LogP contribution in [0, 0.1) is 11.8 Å². The van der Waals surface area contributed by atoms with E-state index in [9.17, 15) is 0 Å². The second kappa shape index (κ2) is 7.07. The maximum absolute atomic E-state index is 4.70. The lowest BCUT2D eigenvalue weighted by Crippen LogP contribution is -2.11. The Balaban J connectivity index is 3.09. The molecule has 1 aromatic heterocycles. The Morgan fingerprint density at radius 3 is 2.17 bits per heavy atom. The first-order chi connectivity index (χ1) is 8.43. The van der Waals surface area contributed by atoms with Crippen molar-refractivity contribution >= 4 is 21.7 Å². The minimum absolute atomic E-state index is 0.576. The zero-order valence-electron chi connectivity index (χ0n) is 12.0. The third kappa shape index (κ3) is 4.56. The monoisotopic (exact) mass is 313 g/mol. The van der Waals surface area contributed by atoms with Crippen LogP contribution in [0.5, 0.6) is 0 Å². The molecule has 1 rings (SSSR count). The van der Waals surface area contributed by atoms with E-state index in [4.69, 9.17) is 4.98 Å². The molecule has 0 amide bonds. The number of nitrogens with zero attached hydrogens (tertiary/aromatic N) is 2. The third-order valence-corrected chi connectivity index (χ3v) is 3.34. The summed E-state index contributed by atoms with van der Waals surface area (Å²) < 4.78 is 1.02. The molecule has 0 aliphatic rings. The lowest BCUT2D eigenvalue weighted by atomic mass is 10.1. The summed E-state index contributed by atoms with van der Waals surface area (Å²) in [6.45, 7) is 11.8. The topological polar surface area (TPSA) is 37.8 Å². The first kappa shape index (κ1) is 15.4. The van der Waals surface area contributed by atoms with Crippen molar-refractivity contribution in [3.63, 3.8) is 0 Å². The molecule has 0 atom stereocenters. The van der Waals surface area contributed by atoms with Gasteiger partial charge in [0.25, 0.3) is 0 Å². The Bertz CT molecular complexity index is 389. The summed E-state index contributed by atoms with van der Waals surface area (Å²) >= 11 is 3.62. The highest BCUT2D eigenvalue weighted by Gasteiger charge is 2.13. The molecule has 0 bridgehead atoms. The molecule has 0 aliphatic carbocycles. The van der Waals surface area contributed by atoms with E-state index in [-0.39, 0.29) is 0 Å². The molecule has 18 heavy (non-hydrogen) atoms. The second-order valence-corrected chi connectivity index (χ2v) is 6.27. The summed E-state index contributed by atoms with van der Waals surface area (Å²) in [6, 6.07) is 0. The summed E-state index contributed by atoms with van der Waals surface area (Å²) in [4.78, 5) is 9.30. The van der Waals surface area contributed by atoms with Gasteiger partial charge in [-0.05, 0) is 41.1 Å². The molecule has 1 heterocycles. The van der Waals surface area contributed by atoms with Crippen molar-refractivity contribution in [3.05, 3.63) is 16.0 Å². The van der Waals surface area contributed by atoms with Gasteiger partial charge in [-0.15, -0.1) is 0 Å². The van der Waals surface area contributed by atoms with E-state index in [1.54, 1.807) is 0 Å². The van der Waals surface area contributed by atoms with Gasteiger partial charge in [0.2, 0.25) is 0 Å². The molecule has 0 saturated heterocycles. The molecule has 0 saturated carbocycles. The fourth-order valence-electron chi connectivity index (χ4n) is 1.81. The van der Waals surface area contributed by atoms with Crippen LogP contribution in [0.3, 0.4) is 0 Å². The molecule has 1 aromatic rings. The highest BCUT2D eigenvalue weighted by Crippen LogP contribution is 2.26. The standard InChI is InChI=1S/C14H24BrN3/c1-6-16-14-13(15)11(7-9(2)3)17-12(18-14)8-10(4)5/h9-10H,6-8H2,1-5H3,(H,16,17,18). The summed E-state index contributed by atoms with van der Waals surface area (Å²) in [5.74, 6) is 3.05. The first-order valence-electron chi connectivity index (χ1n) is 6.73. The number of rotatable bonds is 6. The van der Waals surface area contributed by atoms with Crippen molar-refractivity contribution in [1.29, 1.82) is 0 Å². The summed E-state index contributed by atoms with van der Waals surface area (Å²) in [6.07, 6.45) is 1.91. The number of hydrogen-bond acceptors (Lipinski definition) is 3. The number of halogens is 1. The Hall–Kier alpha value is -0.640. The van der Waals surface area contributed by atoms with Crippen LogP contribution in [-0.4, -0.2) is 16.5 Å². The van der Waals surface area contributed by atoms with E-state index < -0.39 is 0 Å². The molecule has 3 nitrogen and oxygen atoms in total. The normalized spacial score (nSPS) is 11.3. The molecule has 0 unspecified atom stereocenters. The lowest BCUT2D eigenvalue weighted by molar-refractivity contribution is 0.599. The SMILES string of the molecule is CCNc1nc(CC(C)C)nc(CC(C)C)c1Br. The van der Waals surface area contributed by atoms with Gasteiger partial charge >= 0.3 is 0 Å². The van der Waals surface area contributed by atoms with Crippen molar-refractivity contribution in [2.45, 2.75) is 47.5 Å². The molecule has 0 aromatic carbocycles. The third-order valence-electron chi connectivity index (χ3n) is 2.50. The van der Waals surface area contributed by atoms with Crippen LogP contribution in [0.1, 0.15) is 46.1 Å². The predicted octanol–water partition coefficient (Wildman–Crippen LogP) is 4.07. The van der Waals surface area contributed by atoms with E-state index in [0.29, 0.717) is 11.8 Å². The average Bonchev–Trinajstić information content (AvgIpc) is 2.23. The minimum atomic E-state index is 0.576. The van der Waals surface area contributed by atoms with Gasteiger partial charge in [0.1, 0.15) is 11.6 Å². The lowest BCUT2D eigenvalue weighted by Gasteiger charge is -2.14. The fourth-order valence-corrected chi connectivity index (χ4v) is 2.29. The Morgan fingerprint density at radius 2 is 1.67 bits per heavy atom. The Labute approximate surface area is 119 Å². The van der Waals surface area contributed by atoms with Gasteiger partial charge in [0.05, 0.1) is 10.2 Å². The predicted molar refractivity (Wildman–Crippen MR) is 81.0 cm³/mol. The second-order valence-electron chi connectivity index (χ2n) is 5.48. The maximum atomic E-state index is 4.70. The van der Waals surface area contributed by atoms with Gasteiger partial charge in [-0.25, -0.2) is 9.97 Å². The molecule has 0 radical (unpaired) electrons.